The number of carbonyl (C=O) groups excluding carboxylic acids is 3. The number of allylic oxidation sites excluding steroid dienone is 1. The maximum absolute atomic E-state index is 12.5. The van der Waals surface area contributed by atoms with Gasteiger partial charge in [-0.2, -0.15) is 0 Å². The number of ether oxygens (including phenoxy) is 2. The normalized spacial score (nSPS) is 36.3. The van der Waals surface area contributed by atoms with E-state index in [0.29, 0.717) is 24.8 Å². The van der Waals surface area contributed by atoms with Gasteiger partial charge >= 0.3 is 11.9 Å². The maximum atomic E-state index is 12.5. The monoisotopic (exact) mass is 364 g/mol. The van der Waals surface area contributed by atoms with Crippen molar-refractivity contribution in [1.29, 1.82) is 0 Å². The van der Waals surface area contributed by atoms with Crippen molar-refractivity contribution in [3.63, 3.8) is 0 Å². The zero-order valence-electron chi connectivity index (χ0n) is 15.9. The molecular formula is C20H28O6. The van der Waals surface area contributed by atoms with Crippen molar-refractivity contribution in [2.24, 2.45) is 11.8 Å². The first-order chi connectivity index (χ1) is 12.1. The van der Waals surface area contributed by atoms with Crippen LogP contribution < -0.4 is 0 Å². The fourth-order valence-electron chi connectivity index (χ4n) is 3.50. The molecule has 5 atom stereocenters. The average molecular weight is 364 g/mol. The molecule has 0 spiro atoms. The van der Waals surface area contributed by atoms with Gasteiger partial charge < -0.3 is 14.6 Å². The standard InChI is InChI=1S/C20H28O6/c1-6-11(2)18(22)26-17-16-14(13(4)19(23)25-16)10-15(21)12(3)8-7-9-20(17,5)24/h6,12,14,16-17,24H,4,7-10H2,1-3,5H3/b11-6-/t12-,14+,16+,17-,20+/m1/s1. The van der Waals surface area contributed by atoms with Crippen LogP contribution in [0.3, 0.4) is 0 Å². The fourth-order valence-corrected chi connectivity index (χ4v) is 3.50. The number of fused-ring (bicyclic) bond motifs is 1. The molecule has 1 heterocycles. The van der Waals surface area contributed by atoms with Gasteiger partial charge in [0.2, 0.25) is 0 Å². The van der Waals surface area contributed by atoms with Crippen LogP contribution >= 0.6 is 0 Å². The van der Waals surface area contributed by atoms with E-state index in [1.54, 1.807) is 26.8 Å². The Hall–Kier alpha value is -1.95. The van der Waals surface area contributed by atoms with Crippen LogP contribution in [0.2, 0.25) is 0 Å². The van der Waals surface area contributed by atoms with Crippen molar-refractivity contribution in [3.8, 4) is 0 Å². The zero-order chi connectivity index (χ0) is 19.6. The third-order valence-electron chi connectivity index (χ3n) is 5.54. The summed E-state index contributed by atoms with van der Waals surface area (Å²) >= 11 is 0. The van der Waals surface area contributed by atoms with Crippen molar-refractivity contribution in [2.45, 2.75) is 71.2 Å². The van der Waals surface area contributed by atoms with Crippen LogP contribution in [0.15, 0.2) is 23.8 Å². The Morgan fingerprint density at radius 2 is 2.08 bits per heavy atom. The summed E-state index contributed by atoms with van der Waals surface area (Å²) in [5, 5.41) is 11.0. The van der Waals surface area contributed by atoms with Crippen LogP contribution in [0.4, 0.5) is 0 Å². The van der Waals surface area contributed by atoms with Gasteiger partial charge in [0, 0.05) is 29.4 Å². The third-order valence-corrected chi connectivity index (χ3v) is 5.54. The number of hydrogen-bond donors (Lipinski definition) is 1. The molecule has 26 heavy (non-hydrogen) atoms. The minimum atomic E-state index is -1.39. The first-order valence-electron chi connectivity index (χ1n) is 9.07. The second-order valence-corrected chi connectivity index (χ2v) is 7.62. The number of Topliss-reactive ketones (excluding diaryl/α,β-unsaturated/α-hetero) is 1. The molecule has 144 valence electrons. The largest absolute Gasteiger partial charge is 0.454 e. The predicted molar refractivity (Wildman–Crippen MR) is 95.1 cm³/mol. The minimum Gasteiger partial charge on any atom is -0.454 e. The summed E-state index contributed by atoms with van der Waals surface area (Å²) in [5.74, 6) is -1.94. The Bertz CT molecular complexity index is 645. The fraction of sp³-hybridized carbons (Fsp3) is 0.650. The molecule has 1 aliphatic heterocycles. The Morgan fingerprint density at radius 1 is 1.42 bits per heavy atom. The van der Waals surface area contributed by atoms with E-state index >= 15 is 0 Å². The van der Waals surface area contributed by atoms with E-state index in [2.05, 4.69) is 6.58 Å². The second-order valence-electron chi connectivity index (χ2n) is 7.62. The molecule has 1 saturated carbocycles. The van der Waals surface area contributed by atoms with E-state index in [-0.39, 0.29) is 23.7 Å². The number of esters is 2. The van der Waals surface area contributed by atoms with E-state index in [9.17, 15) is 19.5 Å². The SMILES string of the molecule is C=C1C(=O)O[C@@H]2[C@@H](OC(=O)/C(C)=C\C)[C@@](C)(O)CCC[C@@H](C)C(=O)C[C@@H]12. The Morgan fingerprint density at radius 3 is 2.69 bits per heavy atom. The molecule has 1 aliphatic carbocycles. The summed E-state index contributed by atoms with van der Waals surface area (Å²) in [6.07, 6.45) is 1.26. The number of aliphatic hydroxyl groups is 1. The summed E-state index contributed by atoms with van der Waals surface area (Å²) in [6, 6.07) is 0. The summed E-state index contributed by atoms with van der Waals surface area (Å²) in [7, 11) is 0. The van der Waals surface area contributed by atoms with E-state index in [4.69, 9.17) is 9.47 Å². The molecule has 0 unspecified atom stereocenters. The molecule has 0 bridgehead atoms. The van der Waals surface area contributed by atoms with Crippen molar-refractivity contribution in [2.75, 3.05) is 0 Å². The minimum absolute atomic E-state index is 0.0238. The topological polar surface area (TPSA) is 89.9 Å². The molecule has 1 saturated heterocycles. The van der Waals surface area contributed by atoms with E-state index < -0.39 is 35.7 Å². The van der Waals surface area contributed by atoms with Crippen LogP contribution in [-0.4, -0.2) is 40.6 Å². The van der Waals surface area contributed by atoms with Crippen molar-refractivity contribution >= 4 is 17.7 Å². The molecule has 6 nitrogen and oxygen atoms in total. The van der Waals surface area contributed by atoms with Gasteiger partial charge in [0.15, 0.2) is 6.10 Å². The summed E-state index contributed by atoms with van der Waals surface area (Å²) in [5.41, 5.74) is -0.810. The lowest BCUT2D eigenvalue weighted by molar-refractivity contribution is -0.185. The van der Waals surface area contributed by atoms with E-state index in [0.717, 1.165) is 0 Å². The average Bonchev–Trinajstić information content (AvgIpc) is 2.85. The number of carbonyl (C=O) groups is 3. The zero-order valence-corrected chi connectivity index (χ0v) is 15.9. The maximum Gasteiger partial charge on any atom is 0.334 e. The van der Waals surface area contributed by atoms with Gasteiger partial charge in [-0.25, -0.2) is 9.59 Å². The van der Waals surface area contributed by atoms with Crippen LogP contribution in [0.25, 0.3) is 0 Å². The quantitative estimate of drug-likeness (QED) is 0.598. The van der Waals surface area contributed by atoms with Crippen LogP contribution in [0.5, 0.6) is 0 Å². The molecule has 2 aliphatic rings. The molecule has 0 aromatic heterocycles. The Labute approximate surface area is 154 Å². The van der Waals surface area contributed by atoms with Gasteiger partial charge in [-0.15, -0.1) is 0 Å². The number of hydrogen-bond acceptors (Lipinski definition) is 6. The lowest BCUT2D eigenvalue weighted by Gasteiger charge is -2.38. The van der Waals surface area contributed by atoms with Crippen molar-refractivity contribution in [1.82, 2.24) is 0 Å². The predicted octanol–water partition coefficient (Wildman–Crippen LogP) is 2.49. The molecule has 6 heteroatoms. The lowest BCUT2D eigenvalue weighted by atomic mass is 9.77. The summed E-state index contributed by atoms with van der Waals surface area (Å²) < 4.78 is 11.0. The summed E-state index contributed by atoms with van der Waals surface area (Å²) in [4.78, 5) is 36.9. The Kier molecular flexibility index (Phi) is 6.06. The first-order valence-corrected chi connectivity index (χ1v) is 9.07. The highest BCUT2D eigenvalue weighted by Crippen LogP contribution is 2.39. The smallest absolute Gasteiger partial charge is 0.334 e. The van der Waals surface area contributed by atoms with E-state index in [1.165, 1.54) is 0 Å². The number of rotatable bonds is 2. The van der Waals surface area contributed by atoms with Gasteiger partial charge in [-0.05, 0) is 40.0 Å². The molecule has 0 radical (unpaired) electrons. The van der Waals surface area contributed by atoms with Crippen LogP contribution in [-0.2, 0) is 23.9 Å². The van der Waals surface area contributed by atoms with Gasteiger partial charge in [-0.3, -0.25) is 4.79 Å². The molecule has 1 N–H and O–H groups in total. The molecule has 2 fully saturated rings. The third kappa shape index (κ3) is 4.06. The van der Waals surface area contributed by atoms with Gasteiger partial charge in [0.05, 0.1) is 0 Å². The molecule has 2 rings (SSSR count). The molecule has 0 amide bonds. The first kappa shape index (κ1) is 20.4. The van der Waals surface area contributed by atoms with Crippen LogP contribution in [0, 0.1) is 11.8 Å². The van der Waals surface area contributed by atoms with Crippen molar-refractivity contribution in [3.05, 3.63) is 23.8 Å². The van der Waals surface area contributed by atoms with E-state index in [1.807, 2.05) is 6.92 Å². The lowest BCUT2D eigenvalue weighted by Crippen LogP contribution is -2.52. The highest BCUT2D eigenvalue weighted by Gasteiger charge is 2.52. The number of ketones is 1. The Balaban J connectivity index is 2.42. The van der Waals surface area contributed by atoms with Crippen molar-refractivity contribution < 1.29 is 29.0 Å². The van der Waals surface area contributed by atoms with Crippen LogP contribution in [0.1, 0.15) is 53.4 Å². The second kappa shape index (κ2) is 7.74. The van der Waals surface area contributed by atoms with Gasteiger partial charge in [0.1, 0.15) is 17.5 Å². The highest BCUT2D eigenvalue weighted by atomic mass is 16.6. The summed E-state index contributed by atoms with van der Waals surface area (Å²) in [6.45, 7) is 10.5. The van der Waals surface area contributed by atoms with Gasteiger partial charge in [0.25, 0.3) is 0 Å². The molecule has 0 aromatic carbocycles. The molecule has 0 aromatic rings. The van der Waals surface area contributed by atoms with Gasteiger partial charge in [-0.1, -0.05) is 19.6 Å². The highest BCUT2D eigenvalue weighted by molar-refractivity contribution is 5.93. The molecular weight excluding hydrogens is 336 g/mol.